The molecule has 112 valence electrons. The minimum atomic E-state index is -4.75. The van der Waals surface area contributed by atoms with Crippen molar-refractivity contribution in [1.29, 1.82) is 0 Å². The van der Waals surface area contributed by atoms with Crippen molar-refractivity contribution in [2.75, 3.05) is 0 Å². The fraction of sp³-hybridized carbons (Fsp3) is 0.467. The van der Waals surface area contributed by atoms with E-state index in [-0.39, 0.29) is 5.56 Å². The van der Waals surface area contributed by atoms with Gasteiger partial charge in [0, 0.05) is 0 Å². The van der Waals surface area contributed by atoms with Gasteiger partial charge in [-0.2, -0.15) is 13.2 Å². The molecule has 0 aliphatic carbocycles. The van der Waals surface area contributed by atoms with E-state index in [0.29, 0.717) is 18.9 Å². The smallest absolute Gasteiger partial charge is 0.388 e. The van der Waals surface area contributed by atoms with Crippen LogP contribution in [-0.4, -0.2) is 5.11 Å². The second-order valence-electron chi connectivity index (χ2n) is 4.68. The average molecular weight is 290 g/mol. The fourth-order valence-corrected chi connectivity index (χ4v) is 1.94. The van der Waals surface area contributed by atoms with Crippen LogP contribution >= 0.6 is 0 Å². The van der Waals surface area contributed by atoms with E-state index in [1.165, 1.54) is 6.07 Å². The third kappa shape index (κ3) is 4.96. The van der Waals surface area contributed by atoms with Gasteiger partial charge < -0.3 is 5.11 Å². The molecule has 0 aromatic heterocycles. The van der Waals surface area contributed by atoms with Crippen molar-refractivity contribution in [2.45, 2.75) is 44.4 Å². The van der Waals surface area contributed by atoms with Crippen LogP contribution in [0.25, 0.3) is 0 Å². The van der Waals surface area contributed by atoms with E-state index in [0.717, 1.165) is 25.3 Å². The van der Waals surface area contributed by atoms with Gasteiger partial charge in [0.25, 0.3) is 0 Å². The van der Waals surface area contributed by atoms with Crippen LogP contribution < -0.4 is 0 Å². The maximum Gasteiger partial charge on any atom is 0.419 e. The first kappa shape index (κ1) is 16.7. The summed E-state index contributed by atoms with van der Waals surface area (Å²) >= 11 is 0. The molecule has 1 nitrogen and oxygen atoms in total. The molecule has 1 unspecified atom stereocenters. The number of alkyl halides is 3. The number of hydrogen-bond donors (Lipinski definition) is 1. The molecular formula is C15H18F4O. The van der Waals surface area contributed by atoms with Crippen LogP contribution in [-0.2, 0) is 6.18 Å². The summed E-state index contributed by atoms with van der Waals surface area (Å²) in [6.07, 6.45) is -0.196. The molecule has 0 spiro atoms. The van der Waals surface area contributed by atoms with Gasteiger partial charge in [-0.05, 0) is 37.0 Å². The van der Waals surface area contributed by atoms with Crippen molar-refractivity contribution in [3.8, 4) is 0 Å². The topological polar surface area (TPSA) is 20.2 Å². The maximum atomic E-state index is 13.1. The van der Waals surface area contributed by atoms with Crippen LogP contribution in [0.15, 0.2) is 30.9 Å². The summed E-state index contributed by atoms with van der Waals surface area (Å²) in [6.45, 7) is 3.59. The number of benzene rings is 1. The molecule has 1 aromatic carbocycles. The van der Waals surface area contributed by atoms with Crippen molar-refractivity contribution in [3.63, 3.8) is 0 Å². The summed E-state index contributed by atoms with van der Waals surface area (Å²) in [6, 6.07) is 2.63. The number of aliphatic hydroxyl groups is 1. The summed E-state index contributed by atoms with van der Waals surface area (Å²) in [5, 5.41) is 9.85. The minimum absolute atomic E-state index is 0.0995. The summed E-state index contributed by atoms with van der Waals surface area (Å²) in [4.78, 5) is 0. The fourth-order valence-electron chi connectivity index (χ4n) is 1.94. The van der Waals surface area contributed by atoms with Crippen LogP contribution in [0.4, 0.5) is 17.6 Å². The van der Waals surface area contributed by atoms with Crippen LogP contribution in [0, 0.1) is 5.82 Å². The Morgan fingerprint density at radius 3 is 2.50 bits per heavy atom. The lowest BCUT2D eigenvalue weighted by Crippen LogP contribution is -2.10. The van der Waals surface area contributed by atoms with Gasteiger partial charge in [-0.25, -0.2) is 4.39 Å². The number of halogens is 4. The Bertz CT molecular complexity index is 440. The number of hydrogen-bond acceptors (Lipinski definition) is 1. The highest BCUT2D eigenvalue weighted by molar-refractivity contribution is 5.28. The number of rotatable bonds is 7. The van der Waals surface area contributed by atoms with Gasteiger partial charge in [0.1, 0.15) is 5.82 Å². The lowest BCUT2D eigenvalue weighted by atomic mass is 10.00. The van der Waals surface area contributed by atoms with E-state index < -0.39 is 23.7 Å². The third-order valence-electron chi connectivity index (χ3n) is 3.07. The molecule has 0 aliphatic heterocycles. The first-order chi connectivity index (χ1) is 9.36. The second-order valence-corrected chi connectivity index (χ2v) is 4.68. The molecule has 0 heterocycles. The van der Waals surface area contributed by atoms with Crippen molar-refractivity contribution < 1.29 is 22.7 Å². The molecule has 0 aliphatic rings. The molecule has 0 saturated heterocycles. The molecule has 0 fully saturated rings. The van der Waals surface area contributed by atoms with Gasteiger partial charge in [-0.15, -0.1) is 6.58 Å². The summed E-state index contributed by atoms with van der Waals surface area (Å²) in [7, 11) is 0. The highest BCUT2D eigenvalue weighted by Crippen LogP contribution is 2.33. The highest BCUT2D eigenvalue weighted by atomic mass is 19.4. The Morgan fingerprint density at radius 2 is 1.90 bits per heavy atom. The van der Waals surface area contributed by atoms with Crippen LogP contribution in [0.1, 0.15) is 49.3 Å². The van der Waals surface area contributed by atoms with E-state index in [2.05, 4.69) is 6.58 Å². The van der Waals surface area contributed by atoms with Crippen molar-refractivity contribution in [3.05, 3.63) is 47.8 Å². The zero-order valence-corrected chi connectivity index (χ0v) is 11.1. The van der Waals surface area contributed by atoms with Crippen molar-refractivity contribution in [2.24, 2.45) is 0 Å². The molecule has 0 amide bonds. The lowest BCUT2D eigenvalue weighted by molar-refractivity contribution is -0.140. The molecular weight excluding hydrogens is 272 g/mol. The van der Waals surface area contributed by atoms with Crippen LogP contribution in [0.5, 0.6) is 0 Å². The molecule has 1 N–H and O–H groups in total. The number of allylic oxidation sites excluding steroid dienone is 1. The molecule has 0 radical (unpaired) electrons. The van der Waals surface area contributed by atoms with Crippen LogP contribution in [0.3, 0.4) is 0 Å². The summed E-state index contributed by atoms with van der Waals surface area (Å²) in [5.41, 5.74) is -1.23. The quantitative estimate of drug-likeness (QED) is 0.425. The molecule has 1 rings (SSSR count). The predicted octanol–water partition coefficient (Wildman–Crippen LogP) is 5.01. The Morgan fingerprint density at radius 1 is 1.20 bits per heavy atom. The normalized spacial score (nSPS) is 13.2. The van der Waals surface area contributed by atoms with Gasteiger partial charge in [0.2, 0.25) is 0 Å². The lowest BCUT2D eigenvalue weighted by Gasteiger charge is -2.14. The first-order valence-corrected chi connectivity index (χ1v) is 6.52. The van der Waals surface area contributed by atoms with Gasteiger partial charge >= 0.3 is 6.18 Å². The van der Waals surface area contributed by atoms with Gasteiger partial charge in [-0.3, -0.25) is 0 Å². The number of unbranched alkanes of at least 4 members (excludes halogenated alkanes) is 3. The third-order valence-corrected chi connectivity index (χ3v) is 3.07. The van der Waals surface area contributed by atoms with Crippen molar-refractivity contribution >= 4 is 0 Å². The van der Waals surface area contributed by atoms with Gasteiger partial charge in [0.05, 0.1) is 11.7 Å². The molecule has 1 atom stereocenters. The van der Waals surface area contributed by atoms with E-state index in [1.54, 1.807) is 6.08 Å². The zero-order chi connectivity index (χ0) is 15.2. The Balaban J connectivity index is 2.64. The van der Waals surface area contributed by atoms with Gasteiger partial charge in [0.15, 0.2) is 0 Å². The van der Waals surface area contributed by atoms with E-state index in [9.17, 15) is 22.7 Å². The summed E-state index contributed by atoms with van der Waals surface area (Å²) in [5.74, 6) is -1.32. The SMILES string of the molecule is C=CCCCCCC(O)c1ccc(F)c(C(F)(F)F)c1. The molecule has 1 aromatic rings. The Kier molecular flexibility index (Phi) is 6.20. The first-order valence-electron chi connectivity index (χ1n) is 6.52. The average Bonchev–Trinajstić information content (AvgIpc) is 2.37. The van der Waals surface area contributed by atoms with Gasteiger partial charge in [-0.1, -0.05) is 25.0 Å². The largest absolute Gasteiger partial charge is 0.419 e. The van der Waals surface area contributed by atoms with E-state index in [1.807, 2.05) is 0 Å². The van der Waals surface area contributed by atoms with Crippen LogP contribution in [0.2, 0.25) is 0 Å². The zero-order valence-electron chi connectivity index (χ0n) is 11.1. The Labute approximate surface area is 115 Å². The van der Waals surface area contributed by atoms with E-state index in [4.69, 9.17) is 0 Å². The van der Waals surface area contributed by atoms with Crippen molar-refractivity contribution in [1.82, 2.24) is 0 Å². The minimum Gasteiger partial charge on any atom is -0.388 e. The van der Waals surface area contributed by atoms with E-state index >= 15 is 0 Å². The monoisotopic (exact) mass is 290 g/mol. The second kappa shape index (κ2) is 7.43. The Hall–Kier alpha value is -1.36. The molecule has 5 heteroatoms. The summed E-state index contributed by atoms with van der Waals surface area (Å²) < 4.78 is 50.8. The number of aliphatic hydroxyl groups excluding tert-OH is 1. The maximum absolute atomic E-state index is 13.1. The molecule has 0 saturated carbocycles. The molecule has 0 bridgehead atoms. The standard InChI is InChI=1S/C15H18F4O/c1-2-3-4-5-6-7-14(20)11-8-9-13(16)12(10-11)15(17,18)19/h2,8-10,14,20H,1,3-7H2. The highest BCUT2D eigenvalue weighted by Gasteiger charge is 2.34. The predicted molar refractivity (Wildman–Crippen MR) is 69.6 cm³/mol. The molecule has 20 heavy (non-hydrogen) atoms.